The molecule has 0 spiro atoms. The van der Waals surface area contributed by atoms with Crippen LogP contribution in [0, 0.1) is 0 Å². The lowest BCUT2D eigenvalue weighted by atomic mass is 10.2. The van der Waals surface area contributed by atoms with Crippen molar-refractivity contribution >= 4 is 17.2 Å². The van der Waals surface area contributed by atoms with E-state index >= 15 is 0 Å². The highest BCUT2D eigenvalue weighted by Gasteiger charge is 2.35. The minimum absolute atomic E-state index is 0.281. The molecule has 134 valence electrons. The Kier molecular flexibility index (Phi) is 4.64. The average Bonchev–Trinajstić information content (AvgIpc) is 3.04. The van der Waals surface area contributed by atoms with Crippen LogP contribution in [-0.2, 0) is 12.7 Å². The maximum absolute atomic E-state index is 13.2. The fraction of sp³-hybridized carbons (Fsp3) is 0.118. The molecule has 0 aliphatic rings. The van der Waals surface area contributed by atoms with Gasteiger partial charge in [0.15, 0.2) is 0 Å². The second-order valence-electron chi connectivity index (χ2n) is 5.40. The molecule has 0 unspecified atom stereocenters. The van der Waals surface area contributed by atoms with Crippen LogP contribution >= 0.6 is 11.3 Å². The van der Waals surface area contributed by atoms with Gasteiger partial charge in [0.25, 0.3) is 11.5 Å². The van der Waals surface area contributed by atoms with Crippen LogP contribution in [0.15, 0.2) is 52.6 Å². The Labute approximate surface area is 149 Å². The SMILES string of the molecule is NC(=O)c1ccc(C(F)(F)F)n(Cc2csc(-c3ccccc3)n2)c1=O. The lowest BCUT2D eigenvalue weighted by molar-refractivity contribution is -0.144. The number of thiazole rings is 1. The average molecular weight is 379 g/mol. The van der Waals surface area contributed by atoms with Crippen molar-refractivity contribution in [2.45, 2.75) is 12.7 Å². The van der Waals surface area contributed by atoms with Crippen molar-refractivity contribution in [3.63, 3.8) is 0 Å². The summed E-state index contributed by atoms with van der Waals surface area (Å²) in [5, 5.41) is 2.19. The summed E-state index contributed by atoms with van der Waals surface area (Å²) >= 11 is 1.25. The van der Waals surface area contributed by atoms with Gasteiger partial charge in [-0.1, -0.05) is 30.3 Å². The predicted molar refractivity (Wildman–Crippen MR) is 90.9 cm³/mol. The van der Waals surface area contributed by atoms with E-state index in [4.69, 9.17) is 5.73 Å². The van der Waals surface area contributed by atoms with Crippen LogP contribution < -0.4 is 11.3 Å². The standard InChI is InChI=1S/C17H12F3N3O2S/c18-17(19,20)13-7-6-12(14(21)24)16(25)23(13)8-11-9-26-15(22-11)10-4-2-1-3-5-10/h1-7,9H,8H2,(H2,21,24). The second kappa shape index (κ2) is 6.75. The molecule has 5 nitrogen and oxygen atoms in total. The summed E-state index contributed by atoms with van der Waals surface area (Å²) in [5.41, 5.74) is 3.40. The third-order valence-corrected chi connectivity index (χ3v) is 4.56. The van der Waals surface area contributed by atoms with E-state index in [1.54, 1.807) is 5.38 Å². The van der Waals surface area contributed by atoms with Gasteiger partial charge in [0, 0.05) is 10.9 Å². The quantitative estimate of drug-likeness (QED) is 0.757. The zero-order valence-corrected chi connectivity index (χ0v) is 14.0. The lowest BCUT2D eigenvalue weighted by Crippen LogP contribution is -2.34. The van der Waals surface area contributed by atoms with Crippen molar-refractivity contribution in [1.29, 1.82) is 0 Å². The van der Waals surface area contributed by atoms with Crippen LogP contribution in [0.25, 0.3) is 10.6 Å². The monoisotopic (exact) mass is 379 g/mol. The number of aromatic nitrogens is 2. The fourth-order valence-corrected chi connectivity index (χ4v) is 3.24. The highest BCUT2D eigenvalue weighted by Crippen LogP contribution is 2.29. The van der Waals surface area contributed by atoms with Crippen LogP contribution in [0.3, 0.4) is 0 Å². The Bertz CT molecular complexity index is 1010. The molecule has 0 aliphatic heterocycles. The third-order valence-electron chi connectivity index (χ3n) is 3.62. The Balaban J connectivity index is 2.04. The molecule has 0 atom stereocenters. The number of hydrogen-bond acceptors (Lipinski definition) is 4. The van der Waals surface area contributed by atoms with Crippen LogP contribution in [0.5, 0.6) is 0 Å². The summed E-state index contributed by atoms with van der Waals surface area (Å²) in [6.45, 7) is -0.419. The number of nitrogens with zero attached hydrogens (tertiary/aromatic N) is 2. The van der Waals surface area contributed by atoms with Crippen molar-refractivity contribution in [2.75, 3.05) is 0 Å². The number of rotatable bonds is 4. The lowest BCUT2D eigenvalue weighted by Gasteiger charge is -2.15. The second-order valence-corrected chi connectivity index (χ2v) is 6.25. The largest absolute Gasteiger partial charge is 0.431 e. The van der Waals surface area contributed by atoms with E-state index in [0.717, 1.165) is 11.6 Å². The number of hydrogen-bond donors (Lipinski definition) is 1. The zero-order chi connectivity index (χ0) is 18.9. The molecule has 9 heteroatoms. The van der Waals surface area contributed by atoms with Gasteiger partial charge in [0.05, 0.1) is 12.2 Å². The Morgan fingerprint density at radius 3 is 2.46 bits per heavy atom. The van der Waals surface area contributed by atoms with Crippen molar-refractivity contribution < 1.29 is 18.0 Å². The van der Waals surface area contributed by atoms with Gasteiger partial charge >= 0.3 is 6.18 Å². The molecule has 2 aromatic heterocycles. The maximum Gasteiger partial charge on any atom is 0.431 e. The number of primary amides is 1. The zero-order valence-electron chi connectivity index (χ0n) is 13.2. The third kappa shape index (κ3) is 3.52. The summed E-state index contributed by atoms with van der Waals surface area (Å²) in [4.78, 5) is 27.9. The minimum atomic E-state index is -4.76. The summed E-state index contributed by atoms with van der Waals surface area (Å²) in [6, 6.07) is 10.6. The number of benzene rings is 1. The van der Waals surface area contributed by atoms with Crippen LogP contribution in [-0.4, -0.2) is 15.5 Å². The minimum Gasteiger partial charge on any atom is -0.365 e. The van der Waals surface area contributed by atoms with Crippen molar-refractivity contribution in [3.05, 3.63) is 75.1 Å². The van der Waals surface area contributed by atoms with Gasteiger partial charge < -0.3 is 5.73 Å². The molecule has 0 radical (unpaired) electrons. The van der Waals surface area contributed by atoms with Gasteiger partial charge in [0.2, 0.25) is 0 Å². The first-order valence-electron chi connectivity index (χ1n) is 7.38. The van der Waals surface area contributed by atoms with Gasteiger partial charge in [-0.05, 0) is 12.1 Å². The Morgan fingerprint density at radius 1 is 1.15 bits per heavy atom. The molecule has 0 saturated carbocycles. The van der Waals surface area contributed by atoms with E-state index in [1.165, 1.54) is 11.3 Å². The molecule has 0 aliphatic carbocycles. The molecule has 0 saturated heterocycles. The highest BCUT2D eigenvalue weighted by atomic mass is 32.1. The molecule has 0 fully saturated rings. The topological polar surface area (TPSA) is 78.0 Å². The molecular weight excluding hydrogens is 367 g/mol. The first-order chi connectivity index (χ1) is 12.3. The molecule has 0 bridgehead atoms. The summed E-state index contributed by atoms with van der Waals surface area (Å²) in [5.74, 6) is -1.08. The van der Waals surface area contributed by atoms with Gasteiger partial charge in [-0.2, -0.15) is 13.2 Å². The number of amides is 1. The molecule has 2 heterocycles. The van der Waals surface area contributed by atoms with E-state index in [0.29, 0.717) is 15.6 Å². The molecule has 26 heavy (non-hydrogen) atoms. The molecule has 1 amide bonds. The van der Waals surface area contributed by atoms with Crippen LogP contribution in [0.4, 0.5) is 13.2 Å². The Hall–Kier alpha value is -2.94. The number of carbonyl (C=O) groups is 1. The van der Waals surface area contributed by atoms with Gasteiger partial charge in [-0.25, -0.2) is 4.98 Å². The van der Waals surface area contributed by atoms with Crippen LogP contribution in [0.2, 0.25) is 0 Å². The van der Waals surface area contributed by atoms with Gasteiger partial charge in [-0.15, -0.1) is 11.3 Å². The Morgan fingerprint density at radius 2 is 1.85 bits per heavy atom. The van der Waals surface area contributed by atoms with Crippen molar-refractivity contribution in [3.8, 4) is 10.6 Å². The number of halogens is 3. The van der Waals surface area contributed by atoms with E-state index in [9.17, 15) is 22.8 Å². The number of nitrogens with two attached hydrogens (primary N) is 1. The first kappa shape index (κ1) is 17.9. The fourth-order valence-electron chi connectivity index (χ4n) is 2.43. The van der Waals surface area contributed by atoms with E-state index < -0.39 is 35.4 Å². The molecule has 3 rings (SSSR count). The molecule has 1 aromatic carbocycles. The van der Waals surface area contributed by atoms with E-state index in [2.05, 4.69) is 4.98 Å². The van der Waals surface area contributed by atoms with Crippen molar-refractivity contribution in [1.82, 2.24) is 9.55 Å². The predicted octanol–water partition coefficient (Wildman–Crippen LogP) is 3.14. The van der Waals surface area contributed by atoms with Gasteiger partial charge in [-0.3, -0.25) is 14.2 Å². The number of pyridine rings is 1. The first-order valence-corrected chi connectivity index (χ1v) is 8.26. The van der Waals surface area contributed by atoms with Crippen molar-refractivity contribution in [2.24, 2.45) is 5.73 Å². The summed E-state index contributed by atoms with van der Waals surface area (Å²) in [7, 11) is 0. The van der Waals surface area contributed by atoms with Crippen LogP contribution in [0.1, 0.15) is 21.7 Å². The number of alkyl halides is 3. The summed E-state index contributed by atoms with van der Waals surface area (Å²) < 4.78 is 40.2. The molecule has 3 aromatic rings. The highest BCUT2D eigenvalue weighted by molar-refractivity contribution is 7.13. The van der Waals surface area contributed by atoms with E-state index in [1.807, 2.05) is 30.3 Å². The van der Waals surface area contributed by atoms with Gasteiger partial charge in [0.1, 0.15) is 16.3 Å². The normalized spacial score (nSPS) is 11.5. The number of carbonyl (C=O) groups excluding carboxylic acids is 1. The summed E-state index contributed by atoms with van der Waals surface area (Å²) in [6.07, 6.45) is -4.76. The smallest absolute Gasteiger partial charge is 0.365 e. The van der Waals surface area contributed by atoms with E-state index in [-0.39, 0.29) is 5.69 Å². The molecular formula is C17H12F3N3O2S. The maximum atomic E-state index is 13.2. The molecule has 2 N–H and O–H groups in total.